The lowest BCUT2D eigenvalue weighted by atomic mass is 9.74. The molecule has 31 heavy (non-hydrogen) atoms. The monoisotopic (exact) mass is 446 g/mol. The van der Waals surface area contributed by atoms with Crippen LogP contribution in [0.1, 0.15) is 31.4 Å². The summed E-state index contributed by atoms with van der Waals surface area (Å²) in [5.41, 5.74) is 1.20. The lowest BCUT2D eigenvalue weighted by Gasteiger charge is -2.48. The van der Waals surface area contributed by atoms with Crippen molar-refractivity contribution in [3.63, 3.8) is 0 Å². The van der Waals surface area contributed by atoms with E-state index >= 15 is 0 Å². The largest absolute Gasteiger partial charge is 0.486 e. The summed E-state index contributed by atoms with van der Waals surface area (Å²) in [6.45, 7) is 4.89. The van der Waals surface area contributed by atoms with Crippen molar-refractivity contribution in [3.05, 3.63) is 36.2 Å². The maximum atomic E-state index is 13.5. The lowest BCUT2D eigenvalue weighted by molar-refractivity contribution is 0.0351. The molecule has 9 heteroatoms. The van der Waals surface area contributed by atoms with Crippen molar-refractivity contribution in [1.82, 2.24) is 19.0 Å². The van der Waals surface area contributed by atoms with E-state index in [-0.39, 0.29) is 10.3 Å². The summed E-state index contributed by atoms with van der Waals surface area (Å²) >= 11 is 0. The molecule has 0 amide bonds. The van der Waals surface area contributed by atoms with E-state index in [1.807, 2.05) is 17.9 Å². The second-order valence-corrected chi connectivity index (χ2v) is 10.9. The fourth-order valence-electron chi connectivity index (χ4n) is 5.26. The van der Waals surface area contributed by atoms with Gasteiger partial charge in [0.05, 0.1) is 10.6 Å². The Morgan fingerprint density at radius 2 is 1.81 bits per heavy atom. The minimum Gasteiger partial charge on any atom is -0.486 e. The van der Waals surface area contributed by atoms with Crippen LogP contribution in [0.2, 0.25) is 0 Å². The van der Waals surface area contributed by atoms with Crippen LogP contribution in [0.15, 0.2) is 35.4 Å². The van der Waals surface area contributed by atoms with Crippen molar-refractivity contribution >= 4 is 10.0 Å². The van der Waals surface area contributed by atoms with Crippen LogP contribution < -0.4 is 9.47 Å². The minimum absolute atomic E-state index is 0.00990. The Hall–Kier alpha value is -2.10. The lowest BCUT2D eigenvalue weighted by Crippen LogP contribution is -2.53. The number of hydrogen-bond donors (Lipinski definition) is 0. The molecular formula is C22H30N4O4S. The highest BCUT2D eigenvalue weighted by Crippen LogP contribution is 2.41. The van der Waals surface area contributed by atoms with Gasteiger partial charge in [0.1, 0.15) is 13.2 Å². The number of fused-ring (bicyclic) bond motifs is 1. The van der Waals surface area contributed by atoms with Gasteiger partial charge < -0.3 is 9.47 Å². The van der Waals surface area contributed by atoms with E-state index < -0.39 is 10.0 Å². The molecule has 1 aromatic carbocycles. The van der Waals surface area contributed by atoms with E-state index in [0.717, 1.165) is 45.3 Å². The quantitative estimate of drug-likeness (QED) is 0.717. The smallest absolute Gasteiger partial charge is 0.243 e. The number of piperidine rings is 2. The van der Waals surface area contributed by atoms with Crippen LogP contribution in [-0.2, 0) is 23.6 Å². The van der Waals surface area contributed by atoms with Crippen LogP contribution in [-0.4, -0.2) is 66.8 Å². The highest BCUT2D eigenvalue weighted by atomic mass is 32.2. The summed E-state index contributed by atoms with van der Waals surface area (Å²) in [7, 11) is -1.61. The molecule has 5 rings (SSSR count). The molecule has 0 N–H and O–H groups in total. The molecule has 3 aliphatic rings. The molecule has 2 saturated heterocycles. The number of hydrogen-bond acceptors (Lipinski definition) is 6. The molecule has 0 saturated carbocycles. The molecule has 1 atom stereocenters. The minimum atomic E-state index is -3.58. The first-order valence-corrected chi connectivity index (χ1v) is 12.5. The average Bonchev–Trinajstić information content (AvgIpc) is 3.18. The summed E-state index contributed by atoms with van der Waals surface area (Å²) in [5, 5.41) is 4.28. The van der Waals surface area contributed by atoms with Crippen molar-refractivity contribution in [2.75, 3.05) is 39.4 Å². The molecule has 2 aromatic rings. The van der Waals surface area contributed by atoms with Crippen LogP contribution in [0.3, 0.4) is 0 Å². The van der Waals surface area contributed by atoms with E-state index in [9.17, 15) is 8.42 Å². The zero-order chi connectivity index (χ0) is 21.5. The molecule has 1 spiro atoms. The standard InChI is InChI=1S/C22H30N4O4S/c1-24-18(6-9-23-24)15-25-10-2-7-22(16-25)8-3-11-26(17-22)31(27,28)19-4-5-20-21(14-19)30-13-12-29-20/h4-6,9,14H,2-3,7-8,10-13,15-17H2,1H3. The molecule has 8 nitrogen and oxygen atoms in total. The first-order chi connectivity index (χ1) is 15.0. The van der Waals surface area contributed by atoms with Crippen molar-refractivity contribution in [1.29, 1.82) is 0 Å². The zero-order valence-corrected chi connectivity index (χ0v) is 18.8. The number of nitrogens with zero attached hydrogens (tertiary/aromatic N) is 4. The van der Waals surface area contributed by atoms with Gasteiger partial charge in [-0.15, -0.1) is 0 Å². The Balaban J connectivity index is 1.34. The van der Waals surface area contributed by atoms with Gasteiger partial charge in [-0.3, -0.25) is 9.58 Å². The predicted molar refractivity (Wildman–Crippen MR) is 116 cm³/mol. The third-order valence-electron chi connectivity index (χ3n) is 6.83. The van der Waals surface area contributed by atoms with Gasteiger partial charge in [0, 0.05) is 45.5 Å². The number of sulfonamides is 1. The zero-order valence-electron chi connectivity index (χ0n) is 18.0. The van der Waals surface area contributed by atoms with E-state index in [1.54, 1.807) is 22.5 Å². The number of aryl methyl sites for hydroxylation is 1. The summed E-state index contributed by atoms with van der Waals surface area (Å²) in [6.07, 6.45) is 5.96. The molecule has 2 fully saturated rings. The van der Waals surface area contributed by atoms with Gasteiger partial charge in [-0.2, -0.15) is 9.40 Å². The molecule has 0 bridgehead atoms. The molecule has 4 heterocycles. The maximum absolute atomic E-state index is 13.5. The summed E-state index contributed by atoms with van der Waals surface area (Å²) in [6, 6.07) is 7.01. The third kappa shape index (κ3) is 4.06. The second kappa shape index (κ2) is 8.11. The Morgan fingerprint density at radius 3 is 2.58 bits per heavy atom. The molecule has 3 aliphatic heterocycles. The number of ether oxygens (including phenoxy) is 2. The first-order valence-electron chi connectivity index (χ1n) is 11.0. The molecule has 0 radical (unpaired) electrons. The van der Waals surface area contributed by atoms with Crippen LogP contribution in [0.4, 0.5) is 0 Å². The van der Waals surface area contributed by atoms with Crippen molar-refractivity contribution < 1.29 is 17.9 Å². The summed E-state index contributed by atoms with van der Waals surface area (Å²) in [5.74, 6) is 1.12. The Kier molecular flexibility index (Phi) is 5.44. The molecule has 168 valence electrons. The van der Waals surface area contributed by atoms with Crippen LogP contribution in [0.5, 0.6) is 11.5 Å². The highest BCUT2D eigenvalue weighted by Gasteiger charge is 2.42. The second-order valence-electron chi connectivity index (χ2n) is 9.01. The van der Waals surface area contributed by atoms with Crippen LogP contribution in [0, 0.1) is 5.41 Å². The first kappa shape index (κ1) is 20.8. The number of likely N-dealkylation sites (tertiary alicyclic amines) is 1. The fourth-order valence-corrected chi connectivity index (χ4v) is 6.87. The number of aromatic nitrogens is 2. The normalized spacial score (nSPS) is 25.1. The van der Waals surface area contributed by atoms with Crippen LogP contribution >= 0.6 is 0 Å². The molecule has 0 aliphatic carbocycles. The van der Waals surface area contributed by atoms with Gasteiger partial charge in [0.15, 0.2) is 11.5 Å². The van der Waals surface area contributed by atoms with E-state index in [2.05, 4.69) is 16.1 Å². The summed E-state index contributed by atoms with van der Waals surface area (Å²) < 4.78 is 41.7. The van der Waals surface area contributed by atoms with Gasteiger partial charge >= 0.3 is 0 Å². The van der Waals surface area contributed by atoms with Crippen molar-refractivity contribution in [2.24, 2.45) is 12.5 Å². The van der Waals surface area contributed by atoms with Crippen molar-refractivity contribution in [2.45, 2.75) is 37.1 Å². The number of rotatable bonds is 4. The van der Waals surface area contributed by atoms with Gasteiger partial charge in [0.2, 0.25) is 10.0 Å². The van der Waals surface area contributed by atoms with E-state index in [4.69, 9.17) is 9.47 Å². The van der Waals surface area contributed by atoms with E-state index in [0.29, 0.717) is 37.8 Å². The van der Waals surface area contributed by atoms with E-state index in [1.165, 1.54) is 5.69 Å². The van der Waals surface area contributed by atoms with Gasteiger partial charge in [-0.25, -0.2) is 8.42 Å². The average molecular weight is 447 g/mol. The Labute approximate surface area is 183 Å². The van der Waals surface area contributed by atoms with Gasteiger partial charge in [-0.05, 0) is 55.8 Å². The highest BCUT2D eigenvalue weighted by molar-refractivity contribution is 7.89. The fraction of sp³-hybridized carbons (Fsp3) is 0.591. The maximum Gasteiger partial charge on any atom is 0.243 e. The molecule has 1 aromatic heterocycles. The molecular weight excluding hydrogens is 416 g/mol. The predicted octanol–water partition coefficient (Wildman–Crippen LogP) is 2.26. The van der Waals surface area contributed by atoms with Crippen molar-refractivity contribution in [3.8, 4) is 11.5 Å². The Bertz CT molecular complexity index is 1050. The van der Waals surface area contributed by atoms with Gasteiger partial charge in [-0.1, -0.05) is 0 Å². The third-order valence-corrected chi connectivity index (χ3v) is 8.67. The molecule has 1 unspecified atom stereocenters. The topological polar surface area (TPSA) is 76.9 Å². The van der Waals surface area contributed by atoms with Crippen LogP contribution in [0.25, 0.3) is 0 Å². The Morgan fingerprint density at radius 1 is 1.03 bits per heavy atom. The SMILES string of the molecule is Cn1nccc1CN1CCCC2(CCCN(S(=O)(=O)c3ccc4c(c3)OCCO4)C2)C1. The summed E-state index contributed by atoms with van der Waals surface area (Å²) in [4.78, 5) is 2.75. The van der Waals surface area contributed by atoms with Gasteiger partial charge in [0.25, 0.3) is 0 Å². The number of benzene rings is 1.